The van der Waals surface area contributed by atoms with Crippen LogP contribution < -0.4 is 0 Å². The van der Waals surface area contributed by atoms with Crippen molar-refractivity contribution in [3.05, 3.63) is 0 Å². The number of hydrogen-bond donors (Lipinski definition) is 0. The summed E-state index contributed by atoms with van der Waals surface area (Å²) >= 11 is 0. The fraction of sp³-hybridized carbons (Fsp3) is 1.00. The molecule has 0 radical (unpaired) electrons. The third-order valence-electron chi connectivity index (χ3n) is 2.11. The number of unbranched alkanes of at least 4 members (excludes halogenated alkanes) is 2. The van der Waals surface area contributed by atoms with Crippen LogP contribution in [0.2, 0.25) is 0 Å². The van der Waals surface area contributed by atoms with Crippen LogP contribution in [0.4, 0.5) is 0 Å². The zero-order valence-electron chi connectivity index (χ0n) is 10.9. The van der Waals surface area contributed by atoms with Gasteiger partial charge in [0.2, 0.25) is 0 Å². The molecule has 0 atom stereocenters. The fourth-order valence-corrected chi connectivity index (χ4v) is 1.31. The molecule has 1 nitrogen and oxygen atoms in total. The highest BCUT2D eigenvalue weighted by molar-refractivity contribution is 4.62. The standard InChI is InChI=1S/C13H28O/c1-12(2,3)10-8-7-9-11-14-13(4,5)6/h7-11H2,1-6H3. The first-order chi connectivity index (χ1) is 6.21. The van der Waals surface area contributed by atoms with Crippen LogP contribution in [0.15, 0.2) is 0 Å². The van der Waals surface area contributed by atoms with Crippen molar-refractivity contribution in [1.29, 1.82) is 0 Å². The van der Waals surface area contributed by atoms with Gasteiger partial charge >= 0.3 is 0 Å². The number of ether oxygens (including phenoxy) is 1. The Morgan fingerprint density at radius 1 is 0.786 bits per heavy atom. The van der Waals surface area contributed by atoms with E-state index < -0.39 is 0 Å². The van der Waals surface area contributed by atoms with Gasteiger partial charge in [-0.15, -0.1) is 0 Å². The minimum atomic E-state index is 0.0318. The molecule has 0 aliphatic heterocycles. The minimum Gasteiger partial charge on any atom is -0.376 e. The maximum atomic E-state index is 5.66. The predicted molar refractivity (Wildman–Crippen MR) is 63.6 cm³/mol. The Labute approximate surface area is 90.2 Å². The van der Waals surface area contributed by atoms with Crippen molar-refractivity contribution in [2.24, 2.45) is 5.41 Å². The van der Waals surface area contributed by atoms with Crippen molar-refractivity contribution < 1.29 is 4.74 Å². The molecule has 0 aliphatic rings. The number of rotatable bonds is 5. The van der Waals surface area contributed by atoms with Crippen molar-refractivity contribution in [3.8, 4) is 0 Å². The Morgan fingerprint density at radius 3 is 1.79 bits per heavy atom. The van der Waals surface area contributed by atoms with Gasteiger partial charge in [0, 0.05) is 6.61 Å². The van der Waals surface area contributed by atoms with E-state index in [1.807, 2.05) is 0 Å². The molecule has 0 amide bonds. The molecule has 0 bridgehead atoms. The highest BCUT2D eigenvalue weighted by Gasteiger charge is 2.10. The van der Waals surface area contributed by atoms with Crippen LogP contribution in [0.25, 0.3) is 0 Å². The van der Waals surface area contributed by atoms with E-state index in [0.29, 0.717) is 5.41 Å². The molecule has 0 spiro atoms. The van der Waals surface area contributed by atoms with Crippen LogP contribution >= 0.6 is 0 Å². The third-order valence-corrected chi connectivity index (χ3v) is 2.11. The van der Waals surface area contributed by atoms with E-state index in [2.05, 4.69) is 41.5 Å². The normalized spacial score (nSPS) is 13.3. The van der Waals surface area contributed by atoms with Gasteiger partial charge in [0.25, 0.3) is 0 Å². The van der Waals surface area contributed by atoms with Gasteiger partial charge in [0.05, 0.1) is 5.60 Å². The molecule has 0 fully saturated rings. The lowest BCUT2D eigenvalue weighted by molar-refractivity contribution is -0.00491. The molecule has 0 unspecified atom stereocenters. The van der Waals surface area contributed by atoms with Crippen molar-refractivity contribution in [3.63, 3.8) is 0 Å². The maximum absolute atomic E-state index is 5.66. The van der Waals surface area contributed by atoms with Gasteiger partial charge < -0.3 is 4.74 Å². The monoisotopic (exact) mass is 200 g/mol. The van der Waals surface area contributed by atoms with Crippen LogP contribution in [0.1, 0.15) is 67.2 Å². The van der Waals surface area contributed by atoms with E-state index in [1.54, 1.807) is 0 Å². The summed E-state index contributed by atoms with van der Waals surface area (Å²) in [4.78, 5) is 0. The zero-order chi connectivity index (χ0) is 11.2. The second-order valence-corrected chi connectivity index (χ2v) is 6.33. The second-order valence-electron chi connectivity index (χ2n) is 6.33. The summed E-state index contributed by atoms with van der Waals surface area (Å²) in [5, 5.41) is 0. The van der Waals surface area contributed by atoms with Gasteiger partial charge in [-0.3, -0.25) is 0 Å². The minimum absolute atomic E-state index is 0.0318. The third kappa shape index (κ3) is 12.0. The molecule has 0 saturated carbocycles. The van der Waals surface area contributed by atoms with Crippen LogP contribution in [0.5, 0.6) is 0 Å². The Bertz CT molecular complexity index is 118. The maximum Gasteiger partial charge on any atom is 0.0598 e. The lowest BCUT2D eigenvalue weighted by atomic mass is 9.89. The first-order valence-electron chi connectivity index (χ1n) is 5.85. The molecule has 14 heavy (non-hydrogen) atoms. The Balaban J connectivity index is 3.23. The molecule has 86 valence electrons. The van der Waals surface area contributed by atoms with E-state index in [1.165, 1.54) is 25.7 Å². The summed E-state index contributed by atoms with van der Waals surface area (Å²) in [6, 6.07) is 0. The summed E-state index contributed by atoms with van der Waals surface area (Å²) in [5.74, 6) is 0. The quantitative estimate of drug-likeness (QED) is 0.597. The first-order valence-corrected chi connectivity index (χ1v) is 5.85. The van der Waals surface area contributed by atoms with Crippen molar-refractivity contribution in [1.82, 2.24) is 0 Å². The molecule has 1 heteroatoms. The van der Waals surface area contributed by atoms with Crippen molar-refractivity contribution >= 4 is 0 Å². The van der Waals surface area contributed by atoms with Crippen molar-refractivity contribution in [2.45, 2.75) is 72.8 Å². The molecule has 0 saturated heterocycles. The van der Waals surface area contributed by atoms with E-state index in [9.17, 15) is 0 Å². The highest BCUT2D eigenvalue weighted by atomic mass is 16.5. The predicted octanol–water partition coefficient (Wildman–Crippen LogP) is 4.41. The van der Waals surface area contributed by atoms with Gasteiger partial charge in [-0.05, 0) is 39.0 Å². The van der Waals surface area contributed by atoms with Crippen LogP contribution in [0.3, 0.4) is 0 Å². The zero-order valence-corrected chi connectivity index (χ0v) is 10.9. The highest BCUT2D eigenvalue weighted by Crippen LogP contribution is 2.22. The van der Waals surface area contributed by atoms with E-state index in [0.717, 1.165) is 6.61 Å². The smallest absolute Gasteiger partial charge is 0.0598 e. The lowest BCUT2D eigenvalue weighted by Crippen LogP contribution is -2.19. The molecular weight excluding hydrogens is 172 g/mol. The van der Waals surface area contributed by atoms with Crippen molar-refractivity contribution in [2.75, 3.05) is 6.61 Å². The summed E-state index contributed by atoms with van der Waals surface area (Å²) in [7, 11) is 0. The molecule has 0 aromatic rings. The van der Waals surface area contributed by atoms with Gasteiger partial charge in [-0.1, -0.05) is 33.6 Å². The van der Waals surface area contributed by atoms with E-state index in [-0.39, 0.29) is 5.60 Å². The molecule has 0 aliphatic carbocycles. The van der Waals surface area contributed by atoms with Gasteiger partial charge in [-0.25, -0.2) is 0 Å². The second kappa shape index (κ2) is 5.75. The average molecular weight is 200 g/mol. The van der Waals surface area contributed by atoms with Gasteiger partial charge in [-0.2, -0.15) is 0 Å². The molecular formula is C13H28O. The Hall–Kier alpha value is -0.0400. The SMILES string of the molecule is CC(C)(C)CCCCCOC(C)(C)C. The first kappa shape index (κ1) is 14.0. The number of hydrogen-bond acceptors (Lipinski definition) is 1. The van der Waals surface area contributed by atoms with Gasteiger partial charge in [0.1, 0.15) is 0 Å². The lowest BCUT2D eigenvalue weighted by Gasteiger charge is -2.20. The molecule has 0 heterocycles. The van der Waals surface area contributed by atoms with E-state index in [4.69, 9.17) is 4.74 Å². The summed E-state index contributed by atoms with van der Waals surface area (Å²) in [6.07, 6.45) is 5.15. The average Bonchev–Trinajstić information content (AvgIpc) is 1.92. The molecule has 0 aromatic carbocycles. The fourth-order valence-electron chi connectivity index (χ4n) is 1.31. The van der Waals surface area contributed by atoms with E-state index >= 15 is 0 Å². The van der Waals surface area contributed by atoms with Crippen LogP contribution in [-0.4, -0.2) is 12.2 Å². The largest absolute Gasteiger partial charge is 0.376 e. The topological polar surface area (TPSA) is 9.23 Å². The summed E-state index contributed by atoms with van der Waals surface area (Å²) in [5.41, 5.74) is 0.523. The van der Waals surface area contributed by atoms with Crippen LogP contribution in [0, 0.1) is 5.41 Å². The summed E-state index contributed by atoms with van der Waals surface area (Å²) in [6.45, 7) is 14.2. The molecule has 0 aromatic heterocycles. The molecule has 0 rings (SSSR count). The van der Waals surface area contributed by atoms with Gasteiger partial charge in [0.15, 0.2) is 0 Å². The molecule has 0 N–H and O–H groups in total. The Morgan fingerprint density at radius 2 is 1.36 bits per heavy atom. The summed E-state index contributed by atoms with van der Waals surface area (Å²) < 4.78 is 5.66. The Kier molecular flexibility index (Phi) is 5.73. The van der Waals surface area contributed by atoms with Crippen LogP contribution in [-0.2, 0) is 4.74 Å².